The molecule has 0 atom stereocenters. The lowest BCUT2D eigenvalue weighted by Crippen LogP contribution is -2.22. The molecule has 0 N–H and O–H groups in total. The average molecular weight is 589 g/mol. The highest BCUT2D eigenvalue weighted by atomic mass is 79.9. The first-order chi connectivity index (χ1) is 16.4. The van der Waals surface area contributed by atoms with Gasteiger partial charge in [-0.15, -0.1) is 0 Å². The van der Waals surface area contributed by atoms with Gasteiger partial charge in [0.25, 0.3) is 5.56 Å². The summed E-state index contributed by atoms with van der Waals surface area (Å²) in [4.78, 5) is 17.8. The van der Waals surface area contributed by atoms with E-state index in [1.807, 2.05) is 13.0 Å². The smallest absolute Gasteiger partial charge is 0.282 e. The number of ether oxygens (including phenoxy) is 2. The number of benzene rings is 3. The molecule has 0 amide bonds. The van der Waals surface area contributed by atoms with Gasteiger partial charge in [0.2, 0.25) is 0 Å². The van der Waals surface area contributed by atoms with E-state index in [1.165, 1.54) is 30.1 Å². The Morgan fingerprint density at radius 3 is 2.68 bits per heavy atom. The first-order valence-corrected chi connectivity index (χ1v) is 12.0. The van der Waals surface area contributed by atoms with Crippen LogP contribution in [0.4, 0.5) is 4.39 Å². The maximum Gasteiger partial charge on any atom is 0.282 e. The van der Waals surface area contributed by atoms with E-state index in [-0.39, 0.29) is 18.0 Å². The predicted octanol–water partition coefficient (Wildman–Crippen LogP) is 6.09. The lowest BCUT2D eigenvalue weighted by Gasteiger charge is -2.14. The van der Waals surface area contributed by atoms with Crippen molar-refractivity contribution in [3.63, 3.8) is 0 Å². The number of fused-ring (bicyclic) bond motifs is 1. The van der Waals surface area contributed by atoms with Crippen molar-refractivity contribution < 1.29 is 13.9 Å². The lowest BCUT2D eigenvalue weighted by atomic mass is 10.2. The van der Waals surface area contributed by atoms with Gasteiger partial charge in [0.15, 0.2) is 11.5 Å². The summed E-state index contributed by atoms with van der Waals surface area (Å²) in [6, 6.07) is 15.1. The number of methoxy groups -OCH3 is 1. The van der Waals surface area contributed by atoms with E-state index in [1.54, 1.807) is 36.4 Å². The monoisotopic (exact) mass is 587 g/mol. The highest BCUT2D eigenvalue weighted by Crippen LogP contribution is 2.34. The van der Waals surface area contributed by atoms with Crippen LogP contribution in [0.15, 0.2) is 73.4 Å². The third-order valence-corrected chi connectivity index (χ3v) is 6.00. The second-order valence-electron chi connectivity index (χ2n) is 7.35. The van der Waals surface area contributed by atoms with Crippen LogP contribution >= 0.6 is 31.9 Å². The summed E-state index contributed by atoms with van der Waals surface area (Å²) in [7, 11) is 1.53. The molecule has 0 saturated heterocycles. The van der Waals surface area contributed by atoms with Gasteiger partial charge in [-0.05, 0) is 48.0 Å². The predicted molar refractivity (Wildman–Crippen MR) is 137 cm³/mol. The minimum atomic E-state index is -0.340. The van der Waals surface area contributed by atoms with Gasteiger partial charge in [-0.3, -0.25) is 4.79 Å². The molecule has 0 unspecified atom stereocenters. The fourth-order valence-corrected chi connectivity index (χ4v) is 4.25. The third-order valence-electron chi connectivity index (χ3n) is 5.04. The van der Waals surface area contributed by atoms with Crippen molar-refractivity contribution in [2.45, 2.75) is 20.0 Å². The molecule has 6 nitrogen and oxygen atoms in total. The Labute approximate surface area is 212 Å². The van der Waals surface area contributed by atoms with Gasteiger partial charge < -0.3 is 9.47 Å². The van der Waals surface area contributed by atoms with Crippen LogP contribution in [0.3, 0.4) is 0 Å². The second kappa shape index (κ2) is 10.5. The van der Waals surface area contributed by atoms with E-state index < -0.39 is 0 Å². The van der Waals surface area contributed by atoms with E-state index in [4.69, 9.17) is 9.47 Å². The van der Waals surface area contributed by atoms with E-state index in [0.717, 1.165) is 8.95 Å². The van der Waals surface area contributed by atoms with E-state index in [2.05, 4.69) is 41.9 Å². The average Bonchev–Trinajstić information content (AvgIpc) is 2.82. The third kappa shape index (κ3) is 5.20. The van der Waals surface area contributed by atoms with Crippen molar-refractivity contribution in [3.05, 3.63) is 96.7 Å². The van der Waals surface area contributed by atoms with Crippen LogP contribution in [0.2, 0.25) is 0 Å². The van der Waals surface area contributed by atoms with Crippen LogP contribution in [0.25, 0.3) is 10.9 Å². The molecular formula is C25H20Br2FN3O3. The SMILES string of the molecule is CCc1nc2ccc(Br)cc2c(=O)n1N=Cc1cc(Br)cc(OC)c1OCc1cccc(F)c1. The first-order valence-electron chi connectivity index (χ1n) is 10.4. The molecule has 0 fully saturated rings. The van der Waals surface area contributed by atoms with E-state index in [0.29, 0.717) is 45.8 Å². The highest BCUT2D eigenvalue weighted by molar-refractivity contribution is 9.10. The van der Waals surface area contributed by atoms with Crippen LogP contribution in [0.5, 0.6) is 11.5 Å². The van der Waals surface area contributed by atoms with Crippen LogP contribution < -0.4 is 15.0 Å². The minimum Gasteiger partial charge on any atom is -0.493 e. The number of rotatable bonds is 7. The maximum atomic E-state index is 13.6. The summed E-state index contributed by atoms with van der Waals surface area (Å²) in [5, 5.41) is 4.91. The molecular weight excluding hydrogens is 569 g/mol. The zero-order valence-electron chi connectivity index (χ0n) is 18.4. The van der Waals surface area contributed by atoms with Gasteiger partial charge in [0.1, 0.15) is 18.2 Å². The van der Waals surface area contributed by atoms with Gasteiger partial charge in [-0.1, -0.05) is 50.9 Å². The molecule has 0 radical (unpaired) electrons. The van der Waals surface area contributed by atoms with Crippen LogP contribution in [0, 0.1) is 5.82 Å². The number of nitrogens with zero attached hydrogens (tertiary/aromatic N) is 3. The number of aryl methyl sites for hydroxylation is 1. The first kappa shape index (κ1) is 24.1. The van der Waals surface area contributed by atoms with Crippen molar-refractivity contribution >= 4 is 49.0 Å². The lowest BCUT2D eigenvalue weighted by molar-refractivity contribution is 0.283. The molecule has 0 aliphatic heterocycles. The van der Waals surface area contributed by atoms with Gasteiger partial charge in [-0.25, -0.2) is 9.37 Å². The molecule has 0 aliphatic rings. The summed E-state index contributed by atoms with van der Waals surface area (Å²) >= 11 is 6.87. The summed E-state index contributed by atoms with van der Waals surface area (Å²) in [5.41, 5.74) is 1.58. The molecule has 1 heterocycles. The molecule has 1 aromatic heterocycles. The maximum absolute atomic E-state index is 13.6. The van der Waals surface area contributed by atoms with Crippen molar-refractivity contribution in [2.75, 3.05) is 7.11 Å². The van der Waals surface area contributed by atoms with Gasteiger partial charge in [0.05, 0.1) is 24.2 Å². The molecule has 0 bridgehead atoms. The quantitative estimate of drug-likeness (QED) is 0.245. The van der Waals surface area contributed by atoms with Gasteiger partial charge in [0, 0.05) is 20.9 Å². The molecule has 4 rings (SSSR count). The number of hydrogen-bond donors (Lipinski definition) is 0. The Morgan fingerprint density at radius 2 is 1.94 bits per heavy atom. The topological polar surface area (TPSA) is 65.7 Å². The van der Waals surface area contributed by atoms with Crippen LogP contribution in [-0.2, 0) is 13.0 Å². The molecule has 0 saturated carbocycles. The number of aromatic nitrogens is 2. The van der Waals surface area contributed by atoms with Crippen LogP contribution in [0.1, 0.15) is 23.9 Å². The summed E-state index contributed by atoms with van der Waals surface area (Å²) < 4.78 is 27.9. The fourth-order valence-electron chi connectivity index (χ4n) is 3.44. The Kier molecular flexibility index (Phi) is 7.43. The van der Waals surface area contributed by atoms with Crippen LogP contribution in [-0.4, -0.2) is 23.0 Å². The largest absolute Gasteiger partial charge is 0.493 e. The van der Waals surface area contributed by atoms with Crippen molar-refractivity contribution in [2.24, 2.45) is 5.10 Å². The zero-order chi connectivity index (χ0) is 24.2. The van der Waals surface area contributed by atoms with Crippen molar-refractivity contribution in [3.8, 4) is 11.5 Å². The highest BCUT2D eigenvalue weighted by Gasteiger charge is 2.14. The van der Waals surface area contributed by atoms with Gasteiger partial charge in [-0.2, -0.15) is 9.78 Å². The van der Waals surface area contributed by atoms with E-state index >= 15 is 0 Å². The molecule has 0 spiro atoms. The number of halogens is 3. The summed E-state index contributed by atoms with van der Waals surface area (Å²) in [6.45, 7) is 2.04. The molecule has 4 aromatic rings. The minimum absolute atomic E-state index is 0.127. The zero-order valence-corrected chi connectivity index (χ0v) is 21.6. The Balaban J connectivity index is 1.77. The molecule has 174 valence electrons. The Bertz CT molecular complexity index is 1450. The standard InChI is InChI=1S/C25H20Br2FN3O3/c1-3-23-30-21-8-7-17(26)11-20(21)25(32)31(23)29-13-16-10-18(27)12-22(33-2)24(16)34-14-15-5-4-6-19(28)9-15/h4-13H,3,14H2,1-2H3. The summed E-state index contributed by atoms with van der Waals surface area (Å²) in [6.07, 6.45) is 2.05. The van der Waals surface area contributed by atoms with Gasteiger partial charge >= 0.3 is 0 Å². The molecule has 0 aliphatic carbocycles. The molecule has 3 aromatic carbocycles. The number of hydrogen-bond acceptors (Lipinski definition) is 5. The van der Waals surface area contributed by atoms with Crippen molar-refractivity contribution in [1.29, 1.82) is 0 Å². The Morgan fingerprint density at radius 1 is 1.12 bits per heavy atom. The molecule has 9 heteroatoms. The van der Waals surface area contributed by atoms with E-state index in [9.17, 15) is 9.18 Å². The second-order valence-corrected chi connectivity index (χ2v) is 9.18. The normalized spacial score (nSPS) is 11.3. The Hall–Kier alpha value is -3.04. The fraction of sp³-hybridized carbons (Fsp3) is 0.160. The molecule has 34 heavy (non-hydrogen) atoms. The van der Waals surface area contributed by atoms with Crippen molar-refractivity contribution in [1.82, 2.24) is 9.66 Å². The summed E-state index contributed by atoms with van der Waals surface area (Å²) in [5.74, 6) is 1.07.